The van der Waals surface area contributed by atoms with E-state index in [-0.39, 0.29) is 33.9 Å². The molecule has 2 aromatic rings. The number of halogens is 2. The molecule has 4 amide bonds. The SMILES string of the molecule is C=C(C)C(=O)NC(C)SC1C(=O)N(c2cc(Cl)ccc2Cl)N=C1NC(=O)c1cccc(NC(C)=O)c1. The third-order valence-electron chi connectivity index (χ3n) is 4.77. The third kappa shape index (κ3) is 6.66. The molecular weight excluding hydrogens is 525 g/mol. The van der Waals surface area contributed by atoms with Crippen LogP contribution in [0.2, 0.25) is 10.0 Å². The molecule has 0 fully saturated rings. The van der Waals surface area contributed by atoms with Gasteiger partial charge in [0, 0.05) is 28.8 Å². The Kier molecular flexibility index (Phi) is 8.78. The number of amidine groups is 1. The van der Waals surface area contributed by atoms with Gasteiger partial charge in [-0.15, -0.1) is 16.9 Å². The predicted octanol–water partition coefficient (Wildman–Crippen LogP) is 4.18. The normalized spacial score (nSPS) is 15.7. The fraction of sp³-hybridized carbons (Fsp3) is 0.208. The monoisotopic (exact) mass is 547 g/mol. The molecular formula is C24H23Cl2N5O4S. The first-order valence-corrected chi connectivity index (χ1v) is 12.3. The predicted molar refractivity (Wildman–Crippen MR) is 143 cm³/mol. The number of nitrogens with zero attached hydrogens (tertiary/aromatic N) is 2. The van der Waals surface area contributed by atoms with E-state index in [1.165, 1.54) is 25.1 Å². The van der Waals surface area contributed by atoms with Crippen LogP contribution < -0.4 is 21.0 Å². The Morgan fingerprint density at radius 3 is 2.50 bits per heavy atom. The summed E-state index contributed by atoms with van der Waals surface area (Å²) in [6.07, 6.45) is 0. The van der Waals surface area contributed by atoms with Crippen molar-refractivity contribution in [2.45, 2.75) is 31.4 Å². The number of hydrogen-bond donors (Lipinski definition) is 3. The fourth-order valence-corrected chi connectivity index (χ4v) is 4.55. The Morgan fingerprint density at radius 2 is 1.83 bits per heavy atom. The number of carbonyl (C=O) groups is 4. The van der Waals surface area contributed by atoms with Gasteiger partial charge in [-0.2, -0.15) is 5.01 Å². The Morgan fingerprint density at radius 1 is 1.11 bits per heavy atom. The number of carbonyl (C=O) groups excluding carboxylic acids is 4. The quantitative estimate of drug-likeness (QED) is 0.354. The highest BCUT2D eigenvalue weighted by molar-refractivity contribution is 8.02. The molecule has 0 spiro atoms. The average Bonchev–Trinajstić information content (AvgIpc) is 3.09. The largest absolute Gasteiger partial charge is 0.341 e. The van der Waals surface area contributed by atoms with Crippen LogP contribution in [-0.2, 0) is 14.4 Å². The van der Waals surface area contributed by atoms with Gasteiger partial charge in [-0.3, -0.25) is 19.2 Å². The standard InChI is InChI=1S/C24H23Cl2N5O4S/c1-12(2)22(33)28-14(4)36-20-21(29-23(34)15-6-5-7-17(10-15)27-13(3)32)30-31(24(20)35)19-11-16(25)8-9-18(19)26/h5-11,14,20H,1H2,2-4H3,(H,27,32)(H,28,33)(H,29,30,34). The third-order valence-corrected chi connectivity index (χ3v) is 6.55. The molecule has 1 heterocycles. The number of amides is 4. The van der Waals surface area contributed by atoms with E-state index in [0.717, 1.165) is 16.8 Å². The number of hydrazone groups is 1. The summed E-state index contributed by atoms with van der Waals surface area (Å²) in [7, 11) is 0. The minimum absolute atomic E-state index is 0.0485. The Labute approximate surface area is 222 Å². The topological polar surface area (TPSA) is 120 Å². The second-order valence-corrected chi connectivity index (χ2v) is 10.2. The van der Waals surface area contributed by atoms with Gasteiger partial charge in [0.2, 0.25) is 11.8 Å². The van der Waals surface area contributed by atoms with E-state index in [1.54, 1.807) is 38.1 Å². The maximum atomic E-state index is 13.4. The zero-order chi connectivity index (χ0) is 26.6. The zero-order valence-electron chi connectivity index (χ0n) is 19.6. The zero-order valence-corrected chi connectivity index (χ0v) is 21.9. The number of thioether (sulfide) groups is 1. The molecule has 12 heteroatoms. The lowest BCUT2D eigenvalue weighted by Gasteiger charge is -2.19. The van der Waals surface area contributed by atoms with Crippen LogP contribution in [0.5, 0.6) is 0 Å². The second kappa shape index (κ2) is 11.6. The second-order valence-electron chi connectivity index (χ2n) is 7.86. The van der Waals surface area contributed by atoms with Crippen molar-refractivity contribution in [3.05, 3.63) is 70.2 Å². The van der Waals surface area contributed by atoms with Gasteiger partial charge in [0.15, 0.2) is 5.84 Å². The van der Waals surface area contributed by atoms with Crippen molar-refractivity contribution in [2.24, 2.45) is 5.10 Å². The van der Waals surface area contributed by atoms with Crippen molar-refractivity contribution < 1.29 is 19.2 Å². The van der Waals surface area contributed by atoms with Gasteiger partial charge in [-0.25, -0.2) is 0 Å². The molecule has 2 atom stereocenters. The maximum absolute atomic E-state index is 13.4. The molecule has 3 N–H and O–H groups in total. The molecule has 2 aromatic carbocycles. The molecule has 3 rings (SSSR count). The van der Waals surface area contributed by atoms with Crippen LogP contribution in [0.1, 0.15) is 31.1 Å². The molecule has 0 saturated carbocycles. The van der Waals surface area contributed by atoms with Gasteiger partial charge in [0.1, 0.15) is 5.25 Å². The van der Waals surface area contributed by atoms with Gasteiger partial charge >= 0.3 is 0 Å². The number of anilines is 2. The van der Waals surface area contributed by atoms with Gasteiger partial charge in [0.25, 0.3) is 11.8 Å². The first kappa shape index (κ1) is 27.3. The lowest BCUT2D eigenvalue weighted by atomic mass is 10.2. The van der Waals surface area contributed by atoms with E-state index in [0.29, 0.717) is 16.3 Å². The molecule has 9 nitrogen and oxygen atoms in total. The highest BCUT2D eigenvalue weighted by Gasteiger charge is 2.40. The smallest absolute Gasteiger partial charge is 0.268 e. The summed E-state index contributed by atoms with van der Waals surface area (Å²) in [5.41, 5.74) is 1.24. The van der Waals surface area contributed by atoms with Gasteiger partial charge in [-0.05, 0) is 50.2 Å². The van der Waals surface area contributed by atoms with E-state index in [4.69, 9.17) is 23.2 Å². The highest BCUT2D eigenvalue weighted by Crippen LogP contribution is 2.34. The van der Waals surface area contributed by atoms with E-state index >= 15 is 0 Å². The molecule has 0 saturated heterocycles. The Balaban J connectivity index is 1.91. The van der Waals surface area contributed by atoms with Crippen LogP contribution >= 0.6 is 35.0 Å². The minimum atomic E-state index is -0.969. The van der Waals surface area contributed by atoms with Crippen molar-refractivity contribution in [1.82, 2.24) is 10.6 Å². The number of rotatable bonds is 7. The van der Waals surface area contributed by atoms with Crippen molar-refractivity contribution >= 4 is 75.8 Å². The van der Waals surface area contributed by atoms with Crippen LogP contribution in [0.4, 0.5) is 11.4 Å². The minimum Gasteiger partial charge on any atom is -0.341 e. The first-order chi connectivity index (χ1) is 17.0. The molecule has 1 aliphatic heterocycles. The molecule has 0 aromatic heterocycles. The molecule has 2 unspecified atom stereocenters. The first-order valence-electron chi connectivity index (χ1n) is 10.6. The van der Waals surface area contributed by atoms with Gasteiger partial charge in [-0.1, -0.05) is 35.8 Å². The van der Waals surface area contributed by atoms with Crippen LogP contribution in [0, 0.1) is 0 Å². The summed E-state index contributed by atoms with van der Waals surface area (Å²) in [5, 5.41) is 12.5. The molecule has 0 bridgehead atoms. The molecule has 1 aliphatic rings. The van der Waals surface area contributed by atoms with Crippen LogP contribution in [0.15, 0.2) is 59.7 Å². The van der Waals surface area contributed by atoms with Gasteiger partial charge in [0.05, 0.1) is 16.1 Å². The van der Waals surface area contributed by atoms with Crippen LogP contribution in [0.25, 0.3) is 0 Å². The number of benzene rings is 2. The summed E-state index contributed by atoms with van der Waals surface area (Å²) in [4.78, 5) is 49.8. The summed E-state index contributed by atoms with van der Waals surface area (Å²) in [6.45, 7) is 8.23. The Hall–Kier alpha value is -3.34. The van der Waals surface area contributed by atoms with Crippen molar-refractivity contribution in [1.29, 1.82) is 0 Å². The highest BCUT2D eigenvalue weighted by atomic mass is 35.5. The number of nitrogens with one attached hydrogen (secondary N) is 3. The fourth-order valence-electron chi connectivity index (χ4n) is 3.15. The molecule has 188 valence electrons. The van der Waals surface area contributed by atoms with Crippen molar-refractivity contribution in [3.8, 4) is 0 Å². The van der Waals surface area contributed by atoms with Crippen LogP contribution in [-0.4, -0.2) is 40.1 Å². The summed E-state index contributed by atoms with van der Waals surface area (Å²) < 4.78 is 0. The van der Waals surface area contributed by atoms with Crippen molar-refractivity contribution in [3.63, 3.8) is 0 Å². The van der Waals surface area contributed by atoms with E-state index in [1.807, 2.05) is 0 Å². The van der Waals surface area contributed by atoms with Crippen molar-refractivity contribution in [2.75, 3.05) is 10.3 Å². The van der Waals surface area contributed by atoms with E-state index < -0.39 is 22.4 Å². The van der Waals surface area contributed by atoms with E-state index in [2.05, 4.69) is 27.6 Å². The Bertz CT molecular complexity index is 1280. The number of hydrogen-bond acceptors (Lipinski definition) is 6. The van der Waals surface area contributed by atoms with E-state index in [9.17, 15) is 19.2 Å². The maximum Gasteiger partial charge on any atom is 0.268 e. The lowest BCUT2D eigenvalue weighted by molar-refractivity contribution is -0.118. The van der Waals surface area contributed by atoms with Gasteiger partial charge < -0.3 is 16.0 Å². The molecule has 0 aliphatic carbocycles. The molecule has 0 radical (unpaired) electrons. The summed E-state index contributed by atoms with van der Waals surface area (Å²) >= 11 is 13.5. The lowest BCUT2D eigenvalue weighted by Crippen LogP contribution is -2.42. The summed E-state index contributed by atoms with van der Waals surface area (Å²) in [5.74, 6) is -1.63. The van der Waals surface area contributed by atoms with Crippen LogP contribution in [0.3, 0.4) is 0 Å². The molecule has 36 heavy (non-hydrogen) atoms. The average molecular weight is 548 g/mol. The summed E-state index contributed by atoms with van der Waals surface area (Å²) in [6, 6.07) is 10.9.